The molecule has 146 valence electrons. The van der Waals surface area contributed by atoms with Gasteiger partial charge >= 0.3 is 5.97 Å². The minimum atomic E-state index is -0.993. The van der Waals surface area contributed by atoms with E-state index in [1.807, 2.05) is 53.4 Å². The number of rotatable bonds is 5. The van der Waals surface area contributed by atoms with E-state index in [1.54, 1.807) is 12.1 Å². The van der Waals surface area contributed by atoms with Crippen LogP contribution in [0, 0.1) is 0 Å². The summed E-state index contributed by atoms with van der Waals surface area (Å²) in [6.07, 6.45) is 1.27. The number of fused-ring (bicyclic) bond motifs is 1. The highest BCUT2D eigenvalue weighted by Crippen LogP contribution is 2.25. The van der Waals surface area contributed by atoms with Crippen molar-refractivity contribution in [1.29, 1.82) is 0 Å². The zero-order valence-electron chi connectivity index (χ0n) is 15.8. The van der Waals surface area contributed by atoms with Gasteiger partial charge in [0, 0.05) is 23.7 Å². The first-order chi connectivity index (χ1) is 14.0. The van der Waals surface area contributed by atoms with Crippen LogP contribution < -0.4 is 0 Å². The predicted octanol–water partition coefficient (Wildman–Crippen LogP) is 4.83. The molecule has 0 atom stereocenters. The Morgan fingerprint density at radius 3 is 2.55 bits per heavy atom. The van der Waals surface area contributed by atoms with Gasteiger partial charge in [0.25, 0.3) is 5.91 Å². The van der Waals surface area contributed by atoms with Gasteiger partial charge in [-0.05, 0) is 53.3 Å². The van der Waals surface area contributed by atoms with Gasteiger partial charge in [-0.15, -0.1) is 0 Å². The largest absolute Gasteiger partial charge is 0.478 e. The molecule has 0 saturated heterocycles. The van der Waals surface area contributed by atoms with Crippen LogP contribution in [0.2, 0.25) is 5.02 Å². The van der Waals surface area contributed by atoms with Crippen LogP contribution in [-0.4, -0.2) is 28.4 Å². The molecule has 1 amide bonds. The lowest BCUT2D eigenvalue weighted by atomic mass is 9.93. The van der Waals surface area contributed by atoms with Crippen molar-refractivity contribution in [3.8, 4) is 0 Å². The maximum atomic E-state index is 12.9. The van der Waals surface area contributed by atoms with Crippen LogP contribution in [0.15, 0.2) is 66.7 Å². The number of amides is 1. The molecule has 3 aromatic carbocycles. The van der Waals surface area contributed by atoms with Gasteiger partial charge in [-0.25, -0.2) is 4.79 Å². The number of nitrogens with zero attached hydrogens (tertiary/aromatic N) is 1. The van der Waals surface area contributed by atoms with Crippen LogP contribution in [0.25, 0.3) is 0 Å². The van der Waals surface area contributed by atoms with E-state index in [-0.39, 0.29) is 11.5 Å². The third kappa shape index (κ3) is 4.17. The van der Waals surface area contributed by atoms with E-state index < -0.39 is 5.97 Å². The van der Waals surface area contributed by atoms with Gasteiger partial charge < -0.3 is 10.0 Å². The summed E-state index contributed by atoms with van der Waals surface area (Å²) in [5, 5.41) is 9.84. The smallest absolute Gasteiger partial charge is 0.336 e. The van der Waals surface area contributed by atoms with E-state index in [4.69, 9.17) is 11.6 Å². The van der Waals surface area contributed by atoms with Crippen LogP contribution in [0.3, 0.4) is 0 Å². The predicted molar refractivity (Wildman–Crippen MR) is 113 cm³/mol. The zero-order chi connectivity index (χ0) is 20.4. The summed E-state index contributed by atoms with van der Waals surface area (Å²) in [6.45, 7) is 1.28. The maximum Gasteiger partial charge on any atom is 0.336 e. The van der Waals surface area contributed by atoms with Crippen LogP contribution >= 0.6 is 11.6 Å². The highest BCUT2D eigenvalue weighted by atomic mass is 35.5. The Morgan fingerprint density at radius 1 is 1.00 bits per heavy atom. The van der Waals surface area contributed by atoms with Crippen molar-refractivity contribution in [3.63, 3.8) is 0 Å². The molecule has 0 saturated carbocycles. The summed E-state index contributed by atoms with van der Waals surface area (Å²) in [4.78, 5) is 26.3. The fourth-order valence-electron chi connectivity index (χ4n) is 3.78. The van der Waals surface area contributed by atoms with E-state index in [0.717, 1.165) is 28.7 Å². The molecule has 0 radical (unpaired) electrons. The van der Waals surface area contributed by atoms with E-state index >= 15 is 0 Å². The topological polar surface area (TPSA) is 57.6 Å². The number of aromatic carboxylic acids is 1. The van der Waals surface area contributed by atoms with E-state index in [9.17, 15) is 14.7 Å². The van der Waals surface area contributed by atoms with Gasteiger partial charge in [0.15, 0.2) is 0 Å². The molecule has 3 aromatic rings. The molecular formula is C24H20ClNO3. The van der Waals surface area contributed by atoms with Crippen molar-refractivity contribution in [1.82, 2.24) is 4.90 Å². The highest BCUT2D eigenvalue weighted by molar-refractivity contribution is 6.31. The first kappa shape index (κ1) is 19.2. The third-order valence-corrected chi connectivity index (χ3v) is 5.49. The highest BCUT2D eigenvalue weighted by Gasteiger charge is 2.24. The molecule has 1 N–H and O–H groups in total. The van der Waals surface area contributed by atoms with Gasteiger partial charge in [-0.1, -0.05) is 60.1 Å². The van der Waals surface area contributed by atoms with E-state index in [1.165, 1.54) is 6.07 Å². The minimum Gasteiger partial charge on any atom is -0.478 e. The van der Waals surface area contributed by atoms with E-state index in [0.29, 0.717) is 30.1 Å². The molecule has 0 fully saturated rings. The van der Waals surface area contributed by atoms with Crippen LogP contribution in [0.5, 0.6) is 0 Å². The van der Waals surface area contributed by atoms with Gasteiger partial charge in [-0.2, -0.15) is 0 Å². The average Bonchev–Trinajstić information content (AvgIpc) is 2.72. The lowest BCUT2D eigenvalue weighted by molar-refractivity contribution is 0.0693. The fourth-order valence-corrected chi connectivity index (χ4v) is 3.95. The van der Waals surface area contributed by atoms with Crippen molar-refractivity contribution < 1.29 is 14.7 Å². The Morgan fingerprint density at radius 2 is 1.79 bits per heavy atom. The second-order valence-corrected chi connectivity index (χ2v) is 7.67. The molecule has 1 heterocycles. The zero-order valence-corrected chi connectivity index (χ0v) is 16.5. The quantitative estimate of drug-likeness (QED) is 0.661. The molecule has 1 aliphatic rings. The molecule has 0 aliphatic carbocycles. The van der Waals surface area contributed by atoms with Gasteiger partial charge in [-0.3, -0.25) is 4.79 Å². The first-order valence-electron chi connectivity index (χ1n) is 9.48. The lowest BCUT2D eigenvalue weighted by Crippen LogP contribution is -2.37. The Kier molecular flexibility index (Phi) is 5.36. The summed E-state index contributed by atoms with van der Waals surface area (Å²) < 4.78 is 0. The molecule has 0 spiro atoms. The van der Waals surface area contributed by atoms with Crippen molar-refractivity contribution in [2.24, 2.45) is 0 Å². The Hall–Kier alpha value is -3.11. The van der Waals surface area contributed by atoms with E-state index in [2.05, 4.69) is 0 Å². The fraction of sp³-hybridized carbons (Fsp3) is 0.167. The number of carbonyl (C=O) groups is 2. The number of benzene rings is 3. The van der Waals surface area contributed by atoms with Gasteiger partial charge in [0.2, 0.25) is 0 Å². The third-order valence-electron chi connectivity index (χ3n) is 5.25. The Bertz CT molecular complexity index is 1080. The molecule has 4 nitrogen and oxygen atoms in total. The number of halogens is 1. The van der Waals surface area contributed by atoms with Crippen LogP contribution in [0.4, 0.5) is 0 Å². The molecule has 0 aromatic heterocycles. The normalized spacial score (nSPS) is 13.3. The second kappa shape index (κ2) is 8.10. The molecule has 1 aliphatic heterocycles. The molecular weight excluding hydrogens is 386 g/mol. The molecule has 29 heavy (non-hydrogen) atoms. The molecule has 5 heteroatoms. The monoisotopic (exact) mass is 405 g/mol. The average molecular weight is 406 g/mol. The summed E-state index contributed by atoms with van der Waals surface area (Å²) in [5.74, 6) is -0.952. The Labute approximate surface area is 174 Å². The summed E-state index contributed by atoms with van der Waals surface area (Å²) in [7, 11) is 0. The number of hydrogen-bond donors (Lipinski definition) is 1. The lowest BCUT2D eigenvalue weighted by Gasteiger charge is -2.29. The van der Waals surface area contributed by atoms with Crippen LogP contribution in [-0.2, 0) is 19.4 Å². The number of carbonyl (C=O) groups excluding carboxylic acids is 1. The molecule has 0 unspecified atom stereocenters. The number of carboxylic acid groups (broad SMARTS) is 1. The first-order valence-corrected chi connectivity index (χ1v) is 9.86. The van der Waals surface area contributed by atoms with Gasteiger partial charge in [0.1, 0.15) is 0 Å². The second-order valence-electron chi connectivity index (χ2n) is 7.24. The van der Waals surface area contributed by atoms with Crippen molar-refractivity contribution >= 4 is 23.5 Å². The summed E-state index contributed by atoms with van der Waals surface area (Å²) in [5.41, 5.74) is 4.76. The molecule has 4 rings (SSSR count). The maximum absolute atomic E-state index is 12.9. The van der Waals surface area contributed by atoms with Crippen molar-refractivity contribution in [2.45, 2.75) is 19.4 Å². The summed E-state index contributed by atoms with van der Waals surface area (Å²) >= 11 is 5.94. The van der Waals surface area contributed by atoms with Gasteiger partial charge in [0.05, 0.1) is 5.56 Å². The summed E-state index contributed by atoms with van der Waals surface area (Å²) in [6, 6.07) is 20.7. The minimum absolute atomic E-state index is 0.0411. The van der Waals surface area contributed by atoms with Crippen LogP contribution in [0.1, 0.15) is 43.0 Å². The SMILES string of the molecule is O=C(O)c1cc(Cl)ccc1Cc1ccc2c(c1)CCN(Cc1ccccc1)C2=O. The van der Waals surface area contributed by atoms with Crippen molar-refractivity contribution in [2.75, 3.05) is 6.54 Å². The molecule has 0 bridgehead atoms. The number of hydrogen-bond acceptors (Lipinski definition) is 2. The van der Waals surface area contributed by atoms with Crippen molar-refractivity contribution in [3.05, 3.63) is 105 Å². The standard InChI is InChI=1S/C24H20ClNO3/c25-20-8-7-18(22(14-20)24(28)29)12-17-6-9-21-19(13-17)10-11-26(23(21)27)15-16-4-2-1-3-5-16/h1-9,13-14H,10-12,15H2,(H,28,29). The Balaban J connectivity index is 1.55. The number of carboxylic acids is 1.